The maximum atomic E-state index is 12.1. The average molecular weight is 818 g/mol. The number of anilines is 6. The van der Waals surface area contributed by atoms with Gasteiger partial charge >= 0.3 is 6.03 Å². The van der Waals surface area contributed by atoms with E-state index in [-0.39, 0.29) is 66.1 Å². The Kier molecular flexibility index (Phi) is 10.6. The van der Waals surface area contributed by atoms with Gasteiger partial charge < -0.3 is 27.0 Å². The van der Waals surface area contributed by atoms with Crippen molar-refractivity contribution in [2.24, 2.45) is 16.0 Å². The third-order valence-corrected chi connectivity index (χ3v) is 8.88. The maximum Gasteiger partial charge on any atom is 0.316 e. The lowest BCUT2D eigenvalue weighted by molar-refractivity contribution is -0.112. The third-order valence-electron chi connectivity index (χ3n) is 6.53. The first-order valence-electron chi connectivity index (χ1n) is 13.8. The minimum Gasteiger partial charge on any atom is -0.351 e. The lowest BCUT2D eigenvalue weighted by atomic mass is 10.1. The van der Waals surface area contributed by atoms with Crippen LogP contribution < -0.4 is 27.0 Å². The van der Waals surface area contributed by atoms with Crippen molar-refractivity contribution in [3.8, 4) is 0 Å². The molecule has 0 aliphatic carbocycles. The predicted octanol–water partition coefficient (Wildman–Crippen LogP) is 6.41. The molecule has 1 heterocycles. The molecule has 3 amide bonds. The van der Waals surface area contributed by atoms with Gasteiger partial charge in [0.25, 0.3) is 26.1 Å². The lowest BCUT2D eigenvalue weighted by Crippen LogP contribution is -2.19. The van der Waals surface area contributed by atoms with E-state index in [2.05, 4.69) is 69.0 Å². The normalized spacial score (nSPS) is 11.7. The zero-order valence-electron chi connectivity index (χ0n) is 25.4. The summed E-state index contributed by atoms with van der Waals surface area (Å²) >= 11 is 9.06. The van der Waals surface area contributed by atoms with Crippen LogP contribution in [0, 0.1) is 0 Å². The van der Waals surface area contributed by atoms with Gasteiger partial charge in [0.1, 0.15) is 15.5 Å². The fourth-order valence-electron chi connectivity index (χ4n) is 4.46. The third kappa shape index (κ3) is 9.16. The summed E-state index contributed by atoms with van der Waals surface area (Å²) in [5, 5.41) is 19.1. The molecule has 262 valence electrons. The van der Waals surface area contributed by atoms with Crippen LogP contribution in [-0.4, -0.2) is 52.8 Å². The van der Waals surface area contributed by atoms with E-state index >= 15 is 0 Å². The molecule has 0 saturated heterocycles. The molecule has 18 nitrogen and oxygen atoms in total. The van der Waals surface area contributed by atoms with Gasteiger partial charge in [-0.05, 0) is 76.1 Å². The molecule has 0 spiro atoms. The smallest absolute Gasteiger partial charge is 0.316 e. The molecule has 0 unspecified atom stereocenters. The van der Waals surface area contributed by atoms with Crippen LogP contribution in [0.25, 0.3) is 10.8 Å². The first-order chi connectivity index (χ1) is 24.0. The highest BCUT2D eigenvalue weighted by atomic mass is 79.9. The molecule has 4 aromatic carbocycles. The van der Waals surface area contributed by atoms with Crippen molar-refractivity contribution >= 4 is 116 Å². The number of nitrogens with zero attached hydrogens (tertiary/aromatic N) is 5. The molecule has 0 atom stereocenters. The highest BCUT2D eigenvalue weighted by Gasteiger charge is 2.19. The van der Waals surface area contributed by atoms with Gasteiger partial charge in [-0.25, -0.2) is 4.79 Å². The zero-order chi connectivity index (χ0) is 37.1. The number of hydrogen-bond acceptors (Lipinski definition) is 13. The van der Waals surface area contributed by atoms with Crippen LogP contribution in [0.4, 0.5) is 50.8 Å². The number of azo groups is 1. The number of halogens is 2. The molecule has 22 heteroatoms. The molecule has 0 bridgehead atoms. The number of benzene rings is 4. The van der Waals surface area contributed by atoms with Gasteiger partial charge in [0, 0.05) is 22.1 Å². The number of carbonyl (C=O) groups excluding carboxylic acids is 2. The summed E-state index contributed by atoms with van der Waals surface area (Å²) in [6, 6.07) is 15.8. The van der Waals surface area contributed by atoms with E-state index in [1.807, 2.05) is 0 Å². The number of amides is 3. The minimum absolute atomic E-state index is 0.00259. The van der Waals surface area contributed by atoms with Gasteiger partial charge in [-0.2, -0.15) is 31.8 Å². The second kappa shape index (κ2) is 14.7. The van der Waals surface area contributed by atoms with Crippen LogP contribution in [-0.2, 0) is 25.0 Å². The molecule has 5 rings (SSSR count). The van der Waals surface area contributed by atoms with Crippen LogP contribution in [0.1, 0.15) is 0 Å². The Morgan fingerprint density at radius 1 is 0.745 bits per heavy atom. The second-order valence-electron chi connectivity index (χ2n) is 10.1. The SMILES string of the molecule is C=C(Br)C(=O)Nc1ccc(S(=O)(=O)O)c(Nc2nc(Cl)nc(Nc3ccc(N=Nc4cccc5c(S(=O)(=O)O)cccc45)c(NC(N)=O)c3)n2)c1. The highest BCUT2D eigenvalue weighted by Crippen LogP contribution is 2.35. The van der Waals surface area contributed by atoms with Gasteiger partial charge in [-0.3, -0.25) is 13.9 Å². The molecule has 0 aliphatic heterocycles. The van der Waals surface area contributed by atoms with E-state index < -0.39 is 37.1 Å². The zero-order valence-corrected chi connectivity index (χ0v) is 29.3. The summed E-state index contributed by atoms with van der Waals surface area (Å²) in [4.78, 5) is 35.1. The number of aromatic nitrogens is 3. The Morgan fingerprint density at radius 3 is 2.02 bits per heavy atom. The topological polar surface area (TPSA) is 280 Å². The van der Waals surface area contributed by atoms with E-state index in [1.54, 1.807) is 12.1 Å². The Morgan fingerprint density at radius 2 is 1.35 bits per heavy atom. The summed E-state index contributed by atoms with van der Waals surface area (Å²) in [6.45, 7) is 3.46. The van der Waals surface area contributed by atoms with Crippen molar-refractivity contribution in [2.45, 2.75) is 9.79 Å². The lowest BCUT2D eigenvalue weighted by Gasteiger charge is -2.13. The van der Waals surface area contributed by atoms with Crippen molar-refractivity contribution in [2.75, 3.05) is 21.3 Å². The van der Waals surface area contributed by atoms with Crippen molar-refractivity contribution in [1.82, 2.24) is 15.0 Å². The Balaban J connectivity index is 1.45. The molecule has 0 saturated carbocycles. The van der Waals surface area contributed by atoms with Gasteiger partial charge in [-0.15, -0.1) is 10.2 Å². The van der Waals surface area contributed by atoms with Gasteiger partial charge in [0.05, 0.1) is 21.5 Å². The largest absolute Gasteiger partial charge is 0.351 e. The van der Waals surface area contributed by atoms with Gasteiger partial charge in [0.2, 0.25) is 17.2 Å². The molecular weight excluding hydrogens is 796 g/mol. The number of fused-ring (bicyclic) bond motifs is 1. The maximum absolute atomic E-state index is 12.1. The predicted molar refractivity (Wildman–Crippen MR) is 192 cm³/mol. The van der Waals surface area contributed by atoms with E-state index in [1.165, 1.54) is 54.6 Å². The van der Waals surface area contributed by atoms with E-state index in [9.17, 15) is 35.5 Å². The van der Waals surface area contributed by atoms with Crippen molar-refractivity contribution < 1.29 is 35.5 Å². The number of carbonyl (C=O) groups is 2. The Hall–Kier alpha value is -5.58. The van der Waals surface area contributed by atoms with E-state index in [4.69, 9.17) is 17.3 Å². The summed E-state index contributed by atoms with van der Waals surface area (Å²) in [6.07, 6.45) is 0. The fourth-order valence-corrected chi connectivity index (χ4v) is 6.05. The summed E-state index contributed by atoms with van der Waals surface area (Å²) < 4.78 is 67.2. The number of nitrogens with two attached hydrogens (primary N) is 1. The molecular formula is C29H22BrClN10O8S2. The summed E-state index contributed by atoms with van der Waals surface area (Å²) in [7, 11) is -9.28. The molecule has 0 fully saturated rings. The molecule has 8 N–H and O–H groups in total. The Bertz CT molecular complexity index is 2500. The fraction of sp³-hybridized carbons (Fsp3) is 0. The van der Waals surface area contributed by atoms with Crippen LogP contribution in [0.2, 0.25) is 5.28 Å². The molecule has 51 heavy (non-hydrogen) atoms. The molecule has 1 aromatic heterocycles. The minimum atomic E-state index is -4.76. The monoisotopic (exact) mass is 816 g/mol. The molecule has 0 radical (unpaired) electrons. The van der Waals surface area contributed by atoms with Crippen LogP contribution in [0.3, 0.4) is 0 Å². The first-order valence-corrected chi connectivity index (χ1v) is 17.9. The van der Waals surface area contributed by atoms with Gasteiger partial charge in [0.15, 0.2) is 0 Å². The number of rotatable bonds is 11. The second-order valence-corrected chi connectivity index (χ2v) is 14.1. The van der Waals surface area contributed by atoms with Crippen molar-refractivity contribution in [1.29, 1.82) is 0 Å². The van der Waals surface area contributed by atoms with Crippen LogP contribution in [0.15, 0.2) is 104 Å². The summed E-state index contributed by atoms with van der Waals surface area (Å²) in [5.74, 6) is -1.05. The quantitative estimate of drug-likeness (QED) is 0.0431. The first kappa shape index (κ1) is 36.7. The van der Waals surface area contributed by atoms with Crippen molar-refractivity contribution in [3.63, 3.8) is 0 Å². The van der Waals surface area contributed by atoms with Crippen LogP contribution >= 0.6 is 27.5 Å². The number of primary amides is 1. The Labute approximate surface area is 301 Å². The van der Waals surface area contributed by atoms with Gasteiger partial charge in [-0.1, -0.05) is 30.8 Å². The number of nitrogens with one attached hydrogen (secondary N) is 4. The number of hydrogen-bond donors (Lipinski definition) is 7. The average Bonchev–Trinajstić information content (AvgIpc) is 3.02. The standard InChI is InChI=1S/C29H22BrClN10O8S2/c1-14(30)25(42)33-15-9-11-24(51(47,48)49)22(13-15)36-29-38-26(31)37-28(39-29)34-16-8-10-20(21(12-16)35-27(32)43)41-40-19-6-2-5-18-17(19)4-3-7-23(18)50(44,45)46/h2-13H,1H2,(H,33,42)(H3,32,35,43)(H,44,45,46)(H,47,48,49)(H2,34,36,37,38,39). The van der Waals surface area contributed by atoms with E-state index in [0.29, 0.717) is 5.39 Å². The summed E-state index contributed by atoms with van der Waals surface area (Å²) in [5.41, 5.74) is 6.00. The van der Waals surface area contributed by atoms with Crippen LogP contribution in [0.5, 0.6) is 0 Å². The number of urea groups is 1. The highest BCUT2D eigenvalue weighted by molar-refractivity contribution is 9.12. The molecule has 0 aliphatic rings. The van der Waals surface area contributed by atoms with E-state index in [0.717, 1.165) is 6.07 Å². The molecule has 5 aromatic rings. The van der Waals surface area contributed by atoms with Crippen molar-refractivity contribution in [3.05, 3.63) is 89.1 Å².